The maximum Gasteiger partial charge on any atom is 0.416 e. The first-order valence-corrected chi connectivity index (χ1v) is 7.64. The first-order valence-electron chi connectivity index (χ1n) is 7.64. The number of benzene rings is 2. The average molecular weight is 312 g/mol. The summed E-state index contributed by atoms with van der Waals surface area (Å²) in [6.45, 7) is 5.22. The lowest BCUT2D eigenvalue weighted by Crippen LogP contribution is -2.32. The summed E-state index contributed by atoms with van der Waals surface area (Å²) in [6, 6.07) is 16.9. The van der Waals surface area contributed by atoms with Crippen molar-refractivity contribution in [3.8, 4) is 0 Å². The first kappa shape index (κ1) is 17.0. The van der Waals surface area contributed by atoms with Gasteiger partial charge < -0.3 is 10.0 Å². The summed E-state index contributed by atoms with van der Waals surface area (Å²) in [5.41, 5.74) is 2.35. The van der Waals surface area contributed by atoms with E-state index in [0.29, 0.717) is 11.4 Å². The zero-order valence-corrected chi connectivity index (χ0v) is 14.2. The van der Waals surface area contributed by atoms with Crippen molar-refractivity contribution in [2.45, 2.75) is 19.3 Å². The molecular weight excluding hydrogens is 288 g/mol. The maximum atomic E-state index is 11.8. The van der Waals surface area contributed by atoms with Crippen molar-refractivity contribution in [3.05, 3.63) is 60.2 Å². The van der Waals surface area contributed by atoms with Crippen LogP contribution in [0.3, 0.4) is 0 Å². The van der Waals surface area contributed by atoms with Crippen LogP contribution >= 0.6 is 0 Å². The van der Waals surface area contributed by atoms with Crippen LogP contribution in [0, 0.1) is 0 Å². The van der Waals surface area contributed by atoms with Crippen LogP contribution in [-0.4, -0.2) is 36.7 Å². The number of hydrogen-bond donors (Lipinski definition) is 1. The Balaban J connectivity index is 2.43. The number of likely N-dealkylation sites (N-methyl/N-ethyl adjacent to an activating group) is 1. The highest BCUT2D eigenvalue weighted by molar-refractivity contribution is 5.94. The van der Waals surface area contributed by atoms with E-state index in [1.165, 1.54) is 4.90 Å². The molecule has 0 bridgehead atoms. The van der Waals surface area contributed by atoms with Gasteiger partial charge in [0.1, 0.15) is 0 Å². The number of para-hydroxylation sites is 1. The van der Waals surface area contributed by atoms with Crippen LogP contribution in [0.4, 0.5) is 16.2 Å². The summed E-state index contributed by atoms with van der Waals surface area (Å²) in [5, 5.41) is 9.64. The summed E-state index contributed by atoms with van der Waals surface area (Å²) in [5.74, 6) is 0. The van der Waals surface area contributed by atoms with Gasteiger partial charge in [0.25, 0.3) is 0 Å². The molecule has 0 spiro atoms. The van der Waals surface area contributed by atoms with E-state index in [1.807, 2.05) is 50.5 Å². The van der Waals surface area contributed by atoms with Crippen molar-refractivity contribution in [2.24, 2.45) is 0 Å². The lowest BCUT2D eigenvalue weighted by atomic mass is 9.84. The molecule has 0 aromatic heterocycles. The number of rotatable bonds is 5. The topological polar surface area (TPSA) is 43.8 Å². The predicted octanol–water partition coefficient (Wildman–Crippen LogP) is 4.34. The molecule has 0 aliphatic rings. The number of anilines is 2. The highest BCUT2D eigenvalue weighted by Gasteiger charge is 2.24. The Kier molecular flexibility index (Phi) is 5.06. The third-order valence-corrected chi connectivity index (χ3v) is 3.80. The Hall–Kier alpha value is -2.33. The Bertz CT molecular complexity index is 666. The summed E-state index contributed by atoms with van der Waals surface area (Å²) >= 11 is 0. The molecule has 2 aromatic carbocycles. The maximum absolute atomic E-state index is 11.8. The van der Waals surface area contributed by atoms with Crippen molar-refractivity contribution in [3.63, 3.8) is 0 Å². The number of hydrogen-bond acceptors (Lipinski definition) is 2. The van der Waals surface area contributed by atoms with E-state index in [4.69, 9.17) is 0 Å². The van der Waals surface area contributed by atoms with Crippen LogP contribution in [0.2, 0.25) is 0 Å². The van der Waals surface area contributed by atoms with Crippen LogP contribution < -0.4 is 4.90 Å². The van der Waals surface area contributed by atoms with Crippen molar-refractivity contribution in [1.29, 1.82) is 0 Å². The first-order chi connectivity index (χ1) is 10.8. The van der Waals surface area contributed by atoms with E-state index in [9.17, 15) is 9.90 Å². The summed E-state index contributed by atoms with van der Waals surface area (Å²) < 4.78 is 0. The quantitative estimate of drug-likeness (QED) is 0.893. The highest BCUT2D eigenvalue weighted by Crippen LogP contribution is 2.31. The molecule has 0 aliphatic carbocycles. The Labute approximate surface area is 138 Å². The number of carboxylic acid groups (broad SMARTS) is 1. The van der Waals surface area contributed by atoms with Crippen molar-refractivity contribution in [1.82, 2.24) is 4.90 Å². The van der Waals surface area contributed by atoms with Gasteiger partial charge in [0, 0.05) is 12.0 Å². The minimum absolute atomic E-state index is 0.0691. The van der Waals surface area contributed by atoms with Crippen LogP contribution in [0.25, 0.3) is 0 Å². The smallest absolute Gasteiger partial charge is 0.416 e. The van der Waals surface area contributed by atoms with Gasteiger partial charge in [0.2, 0.25) is 0 Å². The molecular formula is C19H24N2O2. The van der Waals surface area contributed by atoms with Crippen LogP contribution in [0.15, 0.2) is 54.6 Å². The third kappa shape index (κ3) is 4.11. The molecule has 2 rings (SSSR count). The predicted molar refractivity (Wildman–Crippen MR) is 94.6 cm³/mol. The molecule has 0 heterocycles. The SMILES string of the molecule is CN(C)CC(C)(C)c1cccc(N(C(=O)O)c2ccccc2)c1. The van der Waals surface area contributed by atoms with Gasteiger partial charge in [-0.25, -0.2) is 9.69 Å². The van der Waals surface area contributed by atoms with Gasteiger partial charge >= 0.3 is 6.09 Å². The second-order valence-electron chi connectivity index (χ2n) is 6.63. The number of carbonyl (C=O) groups is 1. The molecule has 2 aromatic rings. The number of nitrogens with zero attached hydrogens (tertiary/aromatic N) is 2. The van der Waals surface area contributed by atoms with E-state index in [0.717, 1.165) is 12.1 Å². The van der Waals surface area contributed by atoms with Gasteiger partial charge in [-0.3, -0.25) is 0 Å². The number of amides is 1. The Morgan fingerprint density at radius 2 is 1.61 bits per heavy atom. The van der Waals surface area contributed by atoms with Crippen molar-refractivity contribution >= 4 is 17.5 Å². The summed E-state index contributed by atoms with van der Waals surface area (Å²) in [4.78, 5) is 15.2. The summed E-state index contributed by atoms with van der Waals surface area (Å²) in [7, 11) is 4.08. The largest absolute Gasteiger partial charge is 0.464 e. The van der Waals surface area contributed by atoms with Crippen molar-refractivity contribution in [2.75, 3.05) is 25.5 Å². The molecule has 23 heavy (non-hydrogen) atoms. The molecule has 0 radical (unpaired) electrons. The van der Waals surface area contributed by atoms with E-state index in [2.05, 4.69) is 24.8 Å². The molecule has 4 nitrogen and oxygen atoms in total. The standard InChI is InChI=1S/C19H24N2O2/c1-19(2,14-20(3)4)15-9-8-12-17(13-15)21(18(22)23)16-10-6-5-7-11-16/h5-13H,14H2,1-4H3,(H,22,23). The monoisotopic (exact) mass is 312 g/mol. The Morgan fingerprint density at radius 3 is 2.17 bits per heavy atom. The van der Waals surface area contributed by atoms with Crippen molar-refractivity contribution < 1.29 is 9.90 Å². The highest BCUT2D eigenvalue weighted by atomic mass is 16.4. The fourth-order valence-corrected chi connectivity index (χ4v) is 2.89. The lowest BCUT2D eigenvalue weighted by Gasteiger charge is -2.30. The molecule has 0 fully saturated rings. The van der Waals surface area contributed by atoms with Gasteiger partial charge in [-0.1, -0.05) is 44.2 Å². The molecule has 0 saturated heterocycles. The molecule has 0 atom stereocenters. The third-order valence-electron chi connectivity index (χ3n) is 3.80. The van der Waals surface area contributed by atoms with Gasteiger partial charge in [0.05, 0.1) is 11.4 Å². The van der Waals surface area contributed by atoms with Gasteiger partial charge in [-0.05, 0) is 43.9 Å². The minimum Gasteiger partial charge on any atom is -0.464 e. The summed E-state index contributed by atoms with van der Waals surface area (Å²) in [6.07, 6.45) is -0.987. The zero-order chi connectivity index (χ0) is 17.0. The van der Waals surface area contributed by atoms with Gasteiger partial charge in [-0.15, -0.1) is 0 Å². The van der Waals surface area contributed by atoms with E-state index in [-0.39, 0.29) is 5.41 Å². The molecule has 0 unspecified atom stereocenters. The molecule has 1 amide bonds. The Morgan fingerprint density at radius 1 is 1.00 bits per heavy atom. The molecule has 1 N–H and O–H groups in total. The molecule has 0 aliphatic heterocycles. The zero-order valence-electron chi connectivity index (χ0n) is 14.2. The van der Waals surface area contributed by atoms with Crippen LogP contribution in [-0.2, 0) is 5.41 Å². The average Bonchev–Trinajstić information content (AvgIpc) is 2.47. The van der Waals surface area contributed by atoms with Crippen LogP contribution in [0.1, 0.15) is 19.4 Å². The molecule has 122 valence electrons. The minimum atomic E-state index is -0.987. The normalized spacial score (nSPS) is 11.5. The van der Waals surface area contributed by atoms with Gasteiger partial charge in [0.15, 0.2) is 0 Å². The fourth-order valence-electron chi connectivity index (χ4n) is 2.89. The second-order valence-corrected chi connectivity index (χ2v) is 6.63. The van der Waals surface area contributed by atoms with E-state index in [1.54, 1.807) is 12.1 Å². The van der Waals surface area contributed by atoms with Crippen LogP contribution in [0.5, 0.6) is 0 Å². The van der Waals surface area contributed by atoms with E-state index < -0.39 is 6.09 Å². The van der Waals surface area contributed by atoms with Gasteiger partial charge in [-0.2, -0.15) is 0 Å². The molecule has 0 saturated carbocycles. The van der Waals surface area contributed by atoms with E-state index >= 15 is 0 Å². The second kappa shape index (κ2) is 6.84. The fraction of sp³-hybridized carbons (Fsp3) is 0.316. The lowest BCUT2D eigenvalue weighted by molar-refractivity contribution is 0.205. The molecule has 4 heteroatoms.